The number of carbonyl (C=O) groups is 1. The molecule has 0 aromatic heterocycles. The molecule has 17 heavy (non-hydrogen) atoms. The molecule has 4 heteroatoms. The van der Waals surface area contributed by atoms with Gasteiger partial charge in [0.2, 0.25) is 5.91 Å². The van der Waals surface area contributed by atoms with Gasteiger partial charge < -0.3 is 15.4 Å². The van der Waals surface area contributed by atoms with Gasteiger partial charge in [0.15, 0.2) is 0 Å². The third-order valence-electron chi connectivity index (χ3n) is 2.11. The molecule has 1 amide bonds. The maximum absolute atomic E-state index is 11.7. The van der Waals surface area contributed by atoms with Crippen molar-refractivity contribution in [2.45, 2.75) is 65.6 Å². The highest BCUT2D eigenvalue weighted by Gasteiger charge is 2.19. The van der Waals surface area contributed by atoms with Gasteiger partial charge in [-0.3, -0.25) is 4.79 Å². The van der Waals surface area contributed by atoms with Gasteiger partial charge in [0.05, 0.1) is 0 Å². The highest BCUT2D eigenvalue weighted by molar-refractivity contribution is 5.80. The minimum Gasteiger partial charge on any atom is -0.369 e. The first kappa shape index (κ1) is 16.4. The van der Waals surface area contributed by atoms with Gasteiger partial charge >= 0.3 is 0 Å². The van der Waals surface area contributed by atoms with Crippen LogP contribution in [-0.4, -0.2) is 36.7 Å². The van der Waals surface area contributed by atoms with Crippen molar-refractivity contribution in [3.05, 3.63) is 0 Å². The van der Waals surface area contributed by atoms with Crippen LogP contribution in [0.1, 0.15) is 48.0 Å². The first-order chi connectivity index (χ1) is 7.72. The molecule has 0 fully saturated rings. The summed E-state index contributed by atoms with van der Waals surface area (Å²) in [7, 11) is 0. The highest BCUT2D eigenvalue weighted by Crippen LogP contribution is 2.01. The van der Waals surface area contributed by atoms with E-state index in [2.05, 4.69) is 24.5 Å². The van der Waals surface area contributed by atoms with Crippen LogP contribution < -0.4 is 10.6 Å². The van der Waals surface area contributed by atoms with Crippen LogP contribution in [0.4, 0.5) is 0 Å². The van der Waals surface area contributed by atoms with Gasteiger partial charge in [-0.2, -0.15) is 0 Å². The predicted molar refractivity (Wildman–Crippen MR) is 71.1 cm³/mol. The summed E-state index contributed by atoms with van der Waals surface area (Å²) < 4.78 is 5.48. The van der Waals surface area contributed by atoms with E-state index in [9.17, 15) is 4.79 Å². The van der Waals surface area contributed by atoms with E-state index < -0.39 is 0 Å². The summed E-state index contributed by atoms with van der Waals surface area (Å²) in [4.78, 5) is 11.7. The molecule has 0 aliphatic rings. The van der Waals surface area contributed by atoms with Crippen LogP contribution in [0.15, 0.2) is 0 Å². The van der Waals surface area contributed by atoms with Gasteiger partial charge in [0.1, 0.15) is 6.10 Å². The van der Waals surface area contributed by atoms with Crippen molar-refractivity contribution >= 4 is 5.91 Å². The van der Waals surface area contributed by atoms with Crippen LogP contribution in [0.2, 0.25) is 0 Å². The monoisotopic (exact) mass is 244 g/mol. The molecule has 1 atom stereocenters. The Morgan fingerprint density at radius 2 is 1.82 bits per heavy atom. The van der Waals surface area contributed by atoms with Crippen LogP contribution in [0.25, 0.3) is 0 Å². The Balaban J connectivity index is 3.65. The summed E-state index contributed by atoms with van der Waals surface area (Å²) in [5.74, 6) is -0.0469. The second-order valence-corrected chi connectivity index (χ2v) is 5.71. The maximum Gasteiger partial charge on any atom is 0.249 e. The number of rotatable bonds is 7. The molecular weight excluding hydrogens is 216 g/mol. The Kier molecular flexibility index (Phi) is 7.39. The van der Waals surface area contributed by atoms with E-state index in [1.165, 1.54) is 0 Å². The highest BCUT2D eigenvalue weighted by atomic mass is 16.5. The topological polar surface area (TPSA) is 50.4 Å². The summed E-state index contributed by atoms with van der Waals surface area (Å²) in [6, 6.07) is 0.497. The Hall–Kier alpha value is -0.610. The van der Waals surface area contributed by atoms with Crippen molar-refractivity contribution in [1.82, 2.24) is 10.6 Å². The van der Waals surface area contributed by atoms with Gasteiger partial charge in [0, 0.05) is 18.2 Å². The molecule has 4 nitrogen and oxygen atoms in total. The molecule has 0 heterocycles. The lowest BCUT2D eigenvalue weighted by molar-refractivity contribution is -0.133. The van der Waals surface area contributed by atoms with Gasteiger partial charge in [-0.1, -0.05) is 13.8 Å². The molecular formula is C13H28N2O2. The predicted octanol–water partition coefficient (Wildman–Crippen LogP) is 1.69. The van der Waals surface area contributed by atoms with Crippen molar-refractivity contribution < 1.29 is 9.53 Å². The van der Waals surface area contributed by atoms with E-state index in [1.54, 1.807) is 6.92 Å². The molecule has 0 aliphatic heterocycles. The Morgan fingerprint density at radius 3 is 2.29 bits per heavy atom. The minimum atomic E-state index is -0.381. The maximum atomic E-state index is 11.7. The van der Waals surface area contributed by atoms with Gasteiger partial charge in [0.25, 0.3) is 0 Å². The number of carbonyl (C=O) groups excluding carboxylic acids is 1. The van der Waals surface area contributed by atoms with Crippen LogP contribution in [0, 0.1) is 0 Å². The zero-order chi connectivity index (χ0) is 13.5. The lowest BCUT2D eigenvalue weighted by Crippen LogP contribution is -2.45. The standard InChI is InChI=1S/C13H28N2O2/c1-10(2)14-8-7-9-17-11(3)12(16)15-13(4,5)6/h10-11,14H,7-9H2,1-6H3,(H,15,16). The quantitative estimate of drug-likeness (QED) is 0.670. The fourth-order valence-corrected chi connectivity index (χ4v) is 1.27. The third kappa shape index (κ3) is 10.3. The van der Waals surface area contributed by atoms with Gasteiger partial charge in [-0.15, -0.1) is 0 Å². The largest absolute Gasteiger partial charge is 0.369 e. The lowest BCUT2D eigenvalue weighted by atomic mass is 10.1. The molecule has 102 valence electrons. The lowest BCUT2D eigenvalue weighted by Gasteiger charge is -2.23. The van der Waals surface area contributed by atoms with Crippen molar-refractivity contribution in [2.24, 2.45) is 0 Å². The second-order valence-electron chi connectivity index (χ2n) is 5.71. The molecule has 0 radical (unpaired) electrons. The van der Waals surface area contributed by atoms with E-state index in [0.717, 1.165) is 13.0 Å². The van der Waals surface area contributed by atoms with Crippen molar-refractivity contribution in [2.75, 3.05) is 13.2 Å². The summed E-state index contributed by atoms with van der Waals surface area (Å²) in [5, 5.41) is 6.20. The molecule has 2 N–H and O–H groups in total. The van der Waals surface area contributed by atoms with E-state index in [0.29, 0.717) is 12.6 Å². The zero-order valence-electron chi connectivity index (χ0n) is 12.1. The van der Waals surface area contributed by atoms with Gasteiger partial charge in [-0.25, -0.2) is 0 Å². The third-order valence-corrected chi connectivity index (χ3v) is 2.11. The van der Waals surface area contributed by atoms with Crippen LogP contribution in [-0.2, 0) is 9.53 Å². The molecule has 0 aromatic rings. The SMILES string of the molecule is CC(C)NCCCOC(C)C(=O)NC(C)(C)C. The van der Waals surface area contributed by atoms with E-state index >= 15 is 0 Å². The zero-order valence-corrected chi connectivity index (χ0v) is 12.1. The summed E-state index contributed by atoms with van der Waals surface area (Å²) >= 11 is 0. The molecule has 0 aliphatic carbocycles. The second kappa shape index (κ2) is 7.67. The summed E-state index contributed by atoms with van der Waals surface area (Å²) in [6.07, 6.45) is 0.541. The molecule has 0 spiro atoms. The molecule has 0 bridgehead atoms. The first-order valence-corrected chi connectivity index (χ1v) is 6.39. The van der Waals surface area contributed by atoms with Crippen molar-refractivity contribution in [1.29, 1.82) is 0 Å². The number of nitrogens with one attached hydrogen (secondary N) is 2. The molecule has 0 aromatic carbocycles. The van der Waals surface area contributed by atoms with Crippen LogP contribution >= 0.6 is 0 Å². The Morgan fingerprint density at radius 1 is 1.24 bits per heavy atom. The van der Waals surface area contributed by atoms with E-state index in [1.807, 2.05) is 20.8 Å². The van der Waals surface area contributed by atoms with E-state index in [4.69, 9.17) is 4.74 Å². The smallest absolute Gasteiger partial charge is 0.249 e. The summed E-state index contributed by atoms with van der Waals surface area (Å²) in [5.41, 5.74) is -0.200. The molecule has 0 saturated heterocycles. The first-order valence-electron chi connectivity index (χ1n) is 6.39. The number of ether oxygens (including phenoxy) is 1. The fraction of sp³-hybridized carbons (Fsp3) is 0.923. The van der Waals surface area contributed by atoms with Gasteiger partial charge in [-0.05, 0) is 40.7 Å². The van der Waals surface area contributed by atoms with E-state index in [-0.39, 0.29) is 17.6 Å². The van der Waals surface area contributed by atoms with Crippen LogP contribution in [0.5, 0.6) is 0 Å². The van der Waals surface area contributed by atoms with Crippen LogP contribution in [0.3, 0.4) is 0 Å². The van der Waals surface area contributed by atoms with Crippen molar-refractivity contribution in [3.63, 3.8) is 0 Å². The molecule has 0 rings (SSSR count). The minimum absolute atomic E-state index is 0.0469. The fourth-order valence-electron chi connectivity index (χ4n) is 1.27. The average molecular weight is 244 g/mol. The molecule has 1 unspecified atom stereocenters. The number of amides is 1. The Labute approximate surface area is 105 Å². The summed E-state index contributed by atoms with van der Waals surface area (Å²) in [6.45, 7) is 13.4. The number of hydrogen-bond donors (Lipinski definition) is 2. The molecule has 0 saturated carbocycles. The number of hydrogen-bond acceptors (Lipinski definition) is 3. The average Bonchev–Trinajstić information content (AvgIpc) is 2.13. The van der Waals surface area contributed by atoms with Crippen molar-refractivity contribution in [3.8, 4) is 0 Å². The normalized spacial score (nSPS) is 13.8. The Bertz CT molecular complexity index is 222.